The first kappa shape index (κ1) is 12.9. The molecule has 1 aliphatic rings. The normalized spacial score (nSPS) is 21.8. The number of aryl methyl sites for hydroxylation is 2. The quantitative estimate of drug-likeness (QED) is 0.743. The van der Waals surface area contributed by atoms with Crippen LogP contribution in [0.4, 0.5) is 5.69 Å². The minimum Gasteiger partial charge on any atom is -0.398 e. The van der Waals surface area contributed by atoms with Gasteiger partial charge in [-0.1, -0.05) is 32.1 Å². The molecule has 1 aliphatic carbocycles. The summed E-state index contributed by atoms with van der Waals surface area (Å²) in [7, 11) is 0. The number of rotatable bonds is 1. The lowest BCUT2D eigenvalue weighted by Gasteiger charge is -2.30. The Kier molecular flexibility index (Phi) is 3.07. The number of nitrogens with two attached hydrogens (primary N) is 2. The lowest BCUT2D eigenvalue weighted by molar-refractivity contribution is 0.422. The van der Waals surface area contributed by atoms with Crippen LogP contribution in [-0.2, 0) is 0 Å². The molecule has 1 aromatic carbocycles. The van der Waals surface area contributed by atoms with E-state index in [0.29, 0.717) is 0 Å². The summed E-state index contributed by atoms with van der Waals surface area (Å²) in [6.45, 7) is 8.43. The molecule has 18 heavy (non-hydrogen) atoms. The van der Waals surface area contributed by atoms with Crippen LogP contribution in [0.15, 0.2) is 30.4 Å². The number of benzene rings is 1. The summed E-state index contributed by atoms with van der Waals surface area (Å²) < 4.78 is 0. The summed E-state index contributed by atoms with van der Waals surface area (Å²) in [6.07, 6.45) is 6.44. The van der Waals surface area contributed by atoms with E-state index in [0.717, 1.165) is 16.8 Å². The smallest absolute Gasteiger partial charge is 0.0373 e. The Morgan fingerprint density at radius 1 is 1.11 bits per heavy atom. The third kappa shape index (κ3) is 2.21. The highest BCUT2D eigenvalue weighted by Crippen LogP contribution is 2.34. The summed E-state index contributed by atoms with van der Waals surface area (Å²) in [4.78, 5) is 0. The molecule has 96 valence electrons. The molecule has 0 saturated heterocycles. The van der Waals surface area contributed by atoms with Crippen LogP contribution in [0.2, 0.25) is 0 Å². The Hall–Kier alpha value is -1.54. The topological polar surface area (TPSA) is 52.0 Å². The van der Waals surface area contributed by atoms with Crippen molar-refractivity contribution in [1.29, 1.82) is 0 Å². The van der Waals surface area contributed by atoms with Gasteiger partial charge in [-0.25, -0.2) is 0 Å². The molecule has 0 saturated carbocycles. The molecule has 0 aliphatic heterocycles. The van der Waals surface area contributed by atoms with Gasteiger partial charge in [-0.3, -0.25) is 0 Å². The van der Waals surface area contributed by atoms with E-state index in [1.54, 1.807) is 0 Å². The predicted molar refractivity (Wildman–Crippen MR) is 79.2 cm³/mol. The standard InChI is InChI=1S/C16H22N2/c1-10-7-13(8-11(2)15(10)18)12-5-6-14(17)16(3,4)9-12/h5-9,14H,17-18H2,1-4H3. The first-order valence-corrected chi connectivity index (χ1v) is 6.35. The zero-order valence-corrected chi connectivity index (χ0v) is 11.6. The maximum absolute atomic E-state index is 6.09. The lowest BCUT2D eigenvalue weighted by Crippen LogP contribution is -2.35. The van der Waals surface area contributed by atoms with Gasteiger partial charge in [-0.15, -0.1) is 0 Å². The van der Waals surface area contributed by atoms with Gasteiger partial charge in [0.25, 0.3) is 0 Å². The molecular weight excluding hydrogens is 220 g/mol. The molecule has 0 bridgehead atoms. The molecule has 1 aromatic rings. The lowest BCUT2D eigenvalue weighted by atomic mass is 9.78. The molecule has 0 heterocycles. The maximum Gasteiger partial charge on any atom is 0.0373 e. The second-order valence-corrected chi connectivity index (χ2v) is 5.83. The molecule has 2 rings (SSSR count). The third-order valence-electron chi connectivity index (χ3n) is 3.80. The molecule has 2 nitrogen and oxygen atoms in total. The summed E-state index contributed by atoms with van der Waals surface area (Å²) in [5.74, 6) is 0. The van der Waals surface area contributed by atoms with Gasteiger partial charge in [-0.05, 0) is 48.2 Å². The van der Waals surface area contributed by atoms with Crippen LogP contribution in [0.25, 0.3) is 5.57 Å². The fourth-order valence-electron chi connectivity index (χ4n) is 2.32. The molecule has 0 aromatic heterocycles. The maximum atomic E-state index is 6.09. The molecule has 0 fully saturated rings. The van der Waals surface area contributed by atoms with Gasteiger partial charge in [0.2, 0.25) is 0 Å². The summed E-state index contributed by atoms with van der Waals surface area (Å²) in [6, 6.07) is 4.37. The molecular formula is C16H22N2. The minimum atomic E-state index is -0.00667. The molecule has 2 heteroatoms. The molecule has 0 amide bonds. The van der Waals surface area contributed by atoms with Crippen molar-refractivity contribution in [2.24, 2.45) is 11.1 Å². The minimum absolute atomic E-state index is 0.00667. The van der Waals surface area contributed by atoms with Crippen LogP contribution in [0.5, 0.6) is 0 Å². The van der Waals surface area contributed by atoms with Crippen LogP contribution in [-0.4, -0.2) is 6.04 Å². The van der Waals surface area contributed by atoms with E-state index in [-0.39, 0.29) is 11.5 Å². The molecule has 0 spiro atoms. The fraction of sp³-hybridized carbons (Fsp3) is 0.375. The Morgan fingerprint density at radius 3 is 2.17 bits per heavy atom. The van der Waals surface area contributed by atoms with Gasteiger partial charge in [0.05, 0.1) is 0 Å². The van der Waals surface area contributed by atoms with E-state index < -0.39 is 0 Å². The average Bonchev–Trinajstić information content (AvgIpc) is 2.29. The van der Waals surface area contributed by atoms with Crippen molar-refractivity contribution in [1.82, 2.24) is 0 Å². The number of hydrogen-bond acceptors (Lipinski definition) is 2. The number of allylic oxidation sites excluding steroid dienone is 2. The van der Waals surface area contributed by atoms with E-state index in [9.17, 15) is 0 Å². The number of nitrogen functional groups attached to an aromatic ring is 1. The fourth-order valence-corrected chi connectivity index (χ4v) is 2.32. The van der Waals surface area contributed by atoms with E-state index in [4.69, 9.17) is 11.5 Å². The van der Waals surface area contributed by atoms with Crippen molar-refractivity contribution in [2.45, 2.75) is 33.7 Å². The number of anilines is 1. The molecule has 1 atom stereocenters. The van der Waals surface area contributed by atoms with E-state index in [1.165, 1.54) is 11.1 Å². The second-order valence-electron chi connectivity index (χ2n) is 5.83. The highest BCUT2D eigenvalue weighted by Gasteiger charge is 2.25. The zero-order chi connectivity index (χ0) is 13.5. The van der Waals surface area contributed by atoms with Gasteiger partial charge >= 0.3 is 0 Å². The van der Waals surface area contributed by atoms with Crippen molar-refractivity contribution in [3.63, 3.8) is 0 Å². The van der Waals surface area contributed by atoms with Crippen LogP contribution >= 0.6 is 0 Å². The monoisotopic (exact) mass is 242 g/mol. The molecule has 0 radical (unpaired) electrons. The van der Waals surface area contributed by atoms with Crippen molar-refractivity contribution in [3.8, 4) is 0 Å². The van der Waals surface area contributed by atoms with Crippen LogP contribution in [0.1, 0.15) is 30.5 Å². The van der Waals surface area contributed by atoms with Gasteiger partial charge in [0.1, 0.15) is 0 Å². The van der Waals surface area contributed by atoms with E-state index in [2.05, 4.69) is 58.1 Å². The first-order valence-electron chi connectivity index (χ1n) is 6.35. The summed E-state index contributed by atoms with van der Waals surface area (Å²) in [5.41, 5.74) is 17.7. The van der Waals surface area contributed by atoms with E-state index >= 15 is 0 Å². The molecule has 1 unspecified atom stereocenters. The zero-order valence-electron chi connectivity index (χ0n) is 11.6. The Morgan fingerprint density at radius 2 is 1.67 bits per heavy atom. The SMILES string of the molecule is Cc1cc(C2=CC(C)(C)C(N)C=C2)cc(C)c1N. The van der Waals surface area contributed by atoms with Crippen molar-refractivity contribution in [3.05, 3.63) is 47.1 Å². The summed E-state index contributed by atoms with van der Waals surface area (Å²) in [5, 5.41) is 0. The van der Waals surface area contributed by atoms with Gasteiger partial charge in [0, 0.05) is 17.1 Å². The van der Waals surface area contributed by atoms with Crippen LogP contribution in [0, 0.1) is 19.3 Å². The van der Waals surface area contributed by atoms with Crippen LogP contribution in [0.3, 0.4) is 0 Å². The first-order chi connectivity index (χ1) is 8.31. The Balaban J connectivity index is 2.48. The van der Waals surface area contributed by atoms with Gasteiger partial charge in [-0.2, -0.15) is 0 Å². The van der Waals surface area contributed by atoms with Crippen molar-refractivity contribution < 1.29 is 0 Å². The van der Waals surface area contributed by atoms with Crippen molar-refractivity contribution in [2.75, 3.05) is 5.73 Å². The van der Waals surface area contributed by atoms with Gasteiger partial charge in [0.15, 0.2) is 0 Å². The highest BCUT2D eigenvalue weighted by molar-refractivity contribution is 5.78. The average molecular weight is 242 g/mol. The Bertz CT molecular complexity index is 513. The third-order valence-corrected chi connectivity index (χ3v) is 3.80. The largest absolute Gasteiger partial charge is 0.398 e. The van der Waals surface area contributed by atoms with E-state index in [1.807, 2.05) is 0 Å². The predicted octanol–water partition coefficient (Wildman–Crippen LogP) is 3.19. The summed E-state index contributed by atoms with van der Waals surface area (Å²) >= 11 is 0. The van der Waals surface area contributed by atoms with Crippen LogP contribution < -0.4 is 11.5 Å². The van der Waals surface area contributed by atoms with Crippen molar-refractivity contribution >= 4 is 11.3 Å². The Labute approximate surface area is 109 Å². The highest BCUT2D eigenvalue weighted by atomic mass is 14.7. The number of hydrogen-bond donors (Lipinski definition) is 2. The molecule has 4 N–H and O–H groups in total. The van der Waals surface area contributed by atoms with Gasteiger partial charge < -0.3 is 11.5 Å². The second kappa shape index (κ2) is 4.29.